The van der Waals surface area contributed by atoms with E-state index in [-0.39, 0.29) is 45.1 Å². The Bertz CT molecular complexity index is 128. The predicted octanol–water partition coefficient (Wildman–Crippen LogP) is -4.78. The first kappa shape index (κ1) is 36.2. The van der Waals surface area contributed by atoms with Gasteiger partial charge in [0.1, 0.15) is 0 Å². The van der Waals surface area contributed by atoms with E-state index < -0.39 is 15.6 Å². The molecule has 10 nitrogen and oxygen atoms in total. The molecule has 0 saturated carbocycles. The van der Waals surface area contributed by atoms with Crippen molar-refractivity contribution < 1.29 is 83.6 Å². The van der Waals surface area contributed by atoms with Gasteiger partial charge in [0.25, 0.3) is 0 Å². The second-order valence-electron chi connectivity index (χ2n) is 0.982. The maximum absolute atomic E-state index is 8.88. The van der Waals surface area contributed by atoms with Crippen LogP contribution in [0.5, 0.6) is 0 Å². The molecule has 2 radical (unpaired) electrons. The van der Waals surface area contributed by atoms with Crippen LogP contribution in [0.4, 0.5) is 0 Å². The van der Waals surface area contributed by atoms with Crippen LogP contribution in [0.3, 0.4) is 0 Å². The van der Waals surface area contributed by atoms with E-state index in [4.69, 9.17) is 38.5 Å². The summed E-state index contributed by atoms with van der Waals surface area (Å²) in [5.41, 5.74) is 0. The molecule has 0 aliphatic heterocycles. The van der Waals surface area contributed by atoms with E-state index in [2.05, 4.69) is 0 Å². The van der Waals surface area contributed by atoms with Gasteiger partial charge in [-0.25, -0.2) is 4.57 Å². The molecule has 14 heavy (non-hydrogen) atoms. The minimum absolute atomic E-state index is 0. The summed E-state index contributed by atoms with van der Waals surface area (Å²) in [4.78, 5) is 45.8. The summed E-state index contributed by atoms with van der Waals surface area (Å²) >= 11 is 0. The maximum atomic E-state index is 8.88. The number of rotatable bonds is 0. The number of phosphoric acid groups is 2. The van der Waals surface area contributed by atoms with Crippen LogP contribution in [-0.4, -0.2) is 30.5 Å². The largest absolute Gasteiger partial charge is 2.00 e. The molecule has 0 saturated heterocycles. The van der Waals surface area contributed by atoms with Gasteiger partial charge in [-0.2, -0.15) is 0 Å². The molecule has 100 valence electrons. The van der Waals surface area contributed by atoms with Gasteiger partial charge in [0.05, 0.1) is 7.82 Å². The van der Waals surface area contributed by atoms with Crippen molar-refractivity contribution in [1.82, 2.24) is 0 Å². The van der Waals surface area contributed by atoms with Crippen LogP contribution in [0.2, 0.25) is 0 Å². The summed E-state index contributed by atoms with van der Waals surface area (Å²) in [6, 6.07) is 0. The first-order valence-electron chi connectivity index (χ1n) is 1.53. The van der Waals surface area contributed by atoms with Gasteiger partial charge >= 0.3 is 24.9 Å². The third-order valence-corrected chi connectivity index (χ3v) is 0. The Morgan fingerprint density at radius 2 is 0.857 bits per heavy atom. The third kappa shape index (κ3) is 1410. The van der Waals surface area contributed by atoms with Crippen molar-refractivity contribution in [2.45, 2.75) is 0 Å². The topological polar surface area (TPSA) is 224 Å². The van der Waals surface area contributed by atoms with Crippen LogP contribution in [0.1, 0.15) is 0 Å². The molecule has 0 spiro atoms. The average Bonchev–Trinajstić information content (AvgIpc) is 1.12. The van der Waals surface area contributed by atoms with Crippen molar-refractivity contribution in [3.05, 3.63) is 0 Å². The molecular weight excluding hydrogens is 349 g/mol. The molecule has 0 unspecified atom stereocenters. The van der Waals surface area contributed by atoms with E-state index >= 15 is 0 Å². The third-order valence-electron chi connectivity index (χ3n) is 0. The Hall–Kier alpha value is 1.18. The van der Waals surface area contributed by atoms with E-state index in [1.807, 2.05) is 0 Å². The Morgan fingerprint density at radius 3 is 0.857 bits per heavy atom. The van der Waals surface area contributed by atoms with Crippen molar-refractivity contribution in [2.75, 3.05) is 0 Å². The monoisotopic (exact) mass is 356 g/mol. The number of hydrogen-bond acceptors (Lipinski definition) is 4. The van der Waals surface area contributed by atoms with Gasteiger partial charge in [-0.05, 0) is 0 Å². The zero-order chi connectivity index (χ0) is 9.00. The zero-order valence-corrected chi connectivity index (χ0v) is 9.59. The first-order valence-corrected chi connectivity index (χ1v) is 4.59. The van der Waals surface area contributed by atoms with Crippen LogP contribution in [0.25, 0.3) is 0 Å². The van der Waals surface area contributed by atoms with Gasteiger partial charge in [0.2, 0.25) is 0 Å². The van der Waals surface area contributed by atoms with Crippen molar-refractivity contribution in [3.8, 4) is 0 Å². The standard InChI is InChI=1S/2Cu.2H3O4P.2H2O/c;;2*1-5(2,3)4;;/h;;2*(H3,1,2,3,4);2*1H2/q;+2;;;;/p-2. The minimum atomic E-state index is -5.14. The van der Waals surface area contributed by atoms with E-state index in [0.29, 0.717) is 0 Å². The SMILES string of the molecule is O.O.O=P(O)(O)O.O=P([O-])([O-])O.[Cu+2].[Cu]. The van der Waals surface area contributed by atoms with Gasteiger partial charge in [0.15, 0.2) is 0 Å². The van der Waals surface area contributed by atoms with Crippen LogP contribution < -0.4 is 9.79 Å². The molecule has 8 N–H and O–H groups in total. The first-order chi connectivity index (χ1) is 4.00. The molecule has 0 atom stereocenters. The smallest absolute Gasteiger partial charge is 0.790 e. The molecular formula is H8Cu2O10P2. The van der Waals surface area contributed by atoms with Crippen molar-refractivity contribution >= 4 is 15.6 Å². The molecule has 0 aliphatic rings. The van der Waals surface area contributed by atoms with Crippen molar-refractivity contribution in [1.29, 1.82) is 0 Å². The normalized spacial score (nSPS) is 8.43. The number of hydrogen-bond donors (Lipinski definition) is 4. The average molecular weight is 357 g/mol. The Morgan fingerprint density at radius 1 is 0.857 bits per heavy atom. The summed E-state index contributed by atoms with van der Waals surface area (Å²) in [7, 11) is -9.78. The fourth-order valence-electron chi connectivity index (χ4n) is 0. The van der Waals surface area contributed by atoms with E-state index in [1.54, 1.807) is 0 Å². The van der Waals surface area contributed by atoms with E-state index in [1.165, 1.54) is 0 Å². The summed E-state index contributed by atoms with van der Waals surface area (Å²) in [5, 5.41) is 0. The molecule has 0 amide bonds. The molecule has 0 aromatic heterocycles. The molecule has 0 rings (SSSR count). The molecule has 0 fully saturated rings. The van der Waals surface area contributed by atoms with E-state index in [0.717, 1.165) is 0 Å². The van der Waals surface area contributed by atoms with Crippen LogP contribution in [0.15, 0.2) is 0 Å². The summed E-state index contributed by atoms with van der Waals surface area (Å²) in [5.74, 6) is 0. The van der Waals surface area contributed by atoms with Gasteiger partial charge in [-0.15, -0.1) is 0 Å². The maximum Gasteiger partial charge on any atom is 2.00 e. The van der Waals surface area contributed by atoms with Gasteiger partial charge in [-0.3, -0.25) is 0 Å². The molecule has 0 heterocycles. The molecule has 14 heteroatoms. The minimum Gasteiger partial charge on any atom is -0.790 e. The fraction of sp³-hybridized carbons (Fsp3) is 0. The van der Waals surface area contributed by atoms with Crippen molar-refractivity contribution in [2.24, 2.45) is 0 Å². The fourth-order valence-corrected chi connectivity index (χ4v) is 0. The van der Waals surface area contributed by atoms with Crippen LogP contribution >= 0.6 is 15.6 Å². The molecule has 0 aromatic carbocycles. The zero-order valence-electron chi connectivity index (χ0n) is 5.92. The summed E-state index contributed by atoms with van der Waals surface area (Å²) in [6.07, 6.45) is 0. The summed E-state index contributed by atoms with van der Waals surface area (Å²) in [6.45, 7) is 0. The van der Waals surface area contributed by atoms with Gasteiger partial charge < -0.3 is 44.9 Å². The Balaban J connectivity index is -0.0000000178. The molecule has 0 aromatic rings. The molecule has 0 aliphatic carbocycles. The molecule has 0 bridgehead atoms. The second-order valence-corrected chi connectivity index (χ2v) is 2.95. The van der Waals surface area contributed by atoms with Gasteiger partial charge in [0, 0.05) is 17.1 Å². The van der Waals surface area contributed by atoms with Crippen LogP contribution in [-0.2, 0) is 43.3 Å². The second kappa shape index (κ2) is 14.2. The Kier molecular flexibility index (Phi) is 36.7. The predicted molar refractivity (Wildman–Crippen MR) is 31.3 cm³/mol. The van der Waals surface area contributed by atoms with Crippen LogP contribution in [0, 0.1) is 0 Å². The van der Waals surface area contributed by atoms with Gasteiger partial charge in [-0.1, -0.05) is 0 Å². The van der Waals surface area contributed by atoms with E-state index in [9.17, 15) is 0 Å². The summed E-state index contributed by atoms with van der Waals surface area (Å²) < 4.78 is 17.5. The Labute approximate surface area is 99.4 Å². The quantitative estimate of drug-likeness (QED) is 0.242. The van der Waals surface area contributed by atoms with Crippen molar-refractivity contribution in [3.63, 3.8) is 0 Å².